The summed E-state index contributed by atoms with van der Waals surface area (Å²) in [6, 6.07) is -0.568. The molecule has 0 aromatic rings. The molecule has 7 heteroatoms. The van der Waals surface area contributed by atoms with Gasteiger partial charge in [-0.2, -0.15) is 0 Å². The molecule has 1 unspecified atom stereocenters. The fourth-order valence-corrected chi connectivity index (χ4v) is 4.12. The van der Waals surface area contributed by atoms with E-state index in [-0.39, 0.29) is 18.5 Å². The SMILES string of the molecule is CCCCN1CC(F)(F)CC(NNC(=O)O)CC1(CCCC)CCCC. The maximum absolute atomic E-state index is 14.6. The van der Waals surface area contributed by atoms with Gasteiger partial charge in [0.25, 0.3) is 5.92 Å². The van der Waals surface area contributed by atoms with Gasteiger partial charge in [0.15, 0.2) is 0 Å². The van der Waals surface area contributed by atoms with Crippen molar-refractivity contribution in [3.8, 4) is 0 Å². The average molecular weight is 378 g/mol. The molecule has 0 aromatic heterocycles. The van der Waals surface area contributed by atoms with E-state index in [1.807, 2.05) is 4.90 Å². The number of unbranched alkanes of at least 4 members (excludes halogenated alkanes) is 3. The second kappa shape index (κ2) is 11.0. The summed E-state index contributed by atoms with van der Waals surface area (Å²) in [5, 5.41) is 8.85. The van der Waals surface area contributed by atoms with Gasteiger partial charge in [0.05, 0.1) is 6.54 Å². The van der Waals surface area contributed by atoms with Crippen LogP contribution in [0.1, 0.15) is 85.0 Å². The van der Waals surface area contributed by atoms with Crippen LogP contribution in [0.5, 0.6) is 0 Å². The van der Waals surface area contributed by atoms with Crippen LogP contribution in [0.4, 0.5) is 13.6 Å². The van der Waals surface area contributed by atoms with Crippen LogP contribution in [0.2, 0.25) is 0 Å². The van der Waals surface area contributed by atoms with Crippen molar-refractivity contribution < 1.29 is 18.7 Å². The molecule has 154 valence electrons. The van der Waals surface area contributed by atoms with Gasteiger partial charge in [-0.3, -0.25) is 10.3 Å². The highest BCUT2D eigenvalue weighted by atomic mass is 19.3. The summed E-state index contributed by atoms with van der Waals surface area (Å²) in [5.41, 5.74) is 4.46. The van der Waals surface area contributed by atoms with E-state index >= 15 is 0 Å². The minimum Gasteiger partial charge on any atom is -0.464 e. The summed E-state index contributed by atoms with van der Waals surface area (Å²) >= 11 is 0. The molecule has 0 bridgehead atoms. The van der Waals surface area contributed by atoms with Gasteiger partial charge in [-0.25, -0.2) is 19.0 Å². The van der Waals surface area contributed by atoms with Crippen LogP contribution in [0.3, 0.4) is 0 Å². The van der Waals surface area contributed by atoms with Gasteiger partial charge in [-0.1, -0.05) is 52.9 Å². The van der Waals surface area contributed by atoms with Crippen molar-refractivity contribution in [2.24, 2.45) is 0 Å². The lowest BCUT2D eigenvalue weighted by Crippen LogP contribution is -2.53. The van der Waals surface area contributed by atoms with E-state index < -0.39 is 18.1 Å². The first-order valence-electron chi connectivity index (χ1n) is 10.2. The number of likely N-dealkylation sites (tertiary alicyclic amines) is 1. The summed E-state index contributed by atoms with van der Waals surface area (Å²) in [4.78, 5) is 12.9. The van der Waals surface area contributed by atoms with Crippen LogP contribution in [0, 0.1) is 0 Å². The maximum Gasteiger partial charge on any atom is 0.419 e. The first-order chi connectivity index (χ1) is 12.3. The molecule has 0 spiro atoms. The Hall–Kier alpha value is -0.950. The molecule has 1 fully saturated rings. The number of alkyl halides is 2. The van der Waals surface area contributed by atoms with Gasteiger partial charge in [0.2, 0.25) is 0 Å². The zero-order valence-corrected chi connectivity index (χ0v) is 16.6. The Balaban J connectivity index is 3.14. The van der Waals surface area contributed by atoms with E-state index in [9.17, 15) is 13.6 Å². The topological polar surface area (TPSA) is 64.6 Å². The van der Waals surface area contributed by atoms with Crippen molar-refractivity contribution >= 4 is 6.09 Å². The van der Waals surface area contributed by atoms with Gasteiger partial charge < -0.3 is 5.11 Å². The van der Waals surface area contributed by atoms with Gasteiger partial charge >= 0.3 is 6.09 Å². The normalized spacial score (nSPS) is 22.7. The van der Waals surface area contributed by atoms with Crippen LogP contribution in [0.15, 0.2) is 0 Å². The molecule has 0 saturated carbocycles. The molecule has 1 heterocycles. The third kappa shape index (κ3) is 7.35. The van der Waals surface area contributed by atoms with Crippen molar-refractivity contribution in [3.05, 3.63) is 0 Å². The van der Waals surface area contributed by atoms with E-state index in [4.69, 9.17) is 5.11 Å². The molecule has 1 aliphatic rings. The van der Waals surface area contributed by atoms with E-state index in [1.54, 1.807) is 0 Å². The number of carboxylic acid groups (broad SMARTS) is 1. The number of hydrazine groups is 1. The van der Waals surface area contributed by atoms with E-state index in [0.717, 1.165) is 51.4 Å². The lowest BCUT2D eigenvalue weighted by atomic mass is 9.80. The van der Waals surface area contributed by atoms with Crippen LogP contribution in [-0.4, -0.2) is 46.7 Å². The number of hydrogen-bond donors (Lipinski definition) is 3. The van der Waals surface area contributed by atoms with Crippen LogP contribution < -0.4 is 10.9 Å². The van der Waals surface area contributed by atoms with Gasteiger partial charge in [0, 0.05) is 18.0 Å². The standard InChI is InChI=1S/C19H37F2N3O2/c1-4-7-10-18(11-8-5-2)13-16(22-23-17(25)26)14-19(20,21)15-24(18)12-9-6-3/h16,22-23H,4-15H2,1-3H3,(H,25,26). The average Bonchev–Trinajstić information content (AvgIpc) is 2.68. The highest BCUT2D eigenvalue weighted by molar-refractivity contribution is 5.63. The molecular formula is C19H37F2N3O2. The molecule has 0 aromatic carbocycles. The summed E-state index contributed by atoms with van der Waals surface area (Å²) < 4.78 is 29.3. The monoisotopic (exact) mass is 377 g/mol. The third-order valence-electron chi connectivity index (χ3n) is 5.42. The third-order valence-corrected chi connectivity index (χ3v) is 5.42. The molecule has 0 aliphatic carbocycles. The number of rotatable bonds is 11. The number of nitrogens with zero attached hydrogens (tertiary/aromatic N) is 1. The Morgan fingerprint density at radius 3 is 2.15 bits per heavy atom. The summed E-state index contributed by atoms with van der Waals surface area (Å²) in [7, 11) is 0. The molecule has 3 N–H and O–H groups in total. The lowest BCUT2D eigenvalue weighted by molar-refractivity contribution is -0.0560. The van der Waals surface area contributed by atoms with Crippen molar-refractivity contribution in [1.82, 2.24) is 15.8 Å². The lowest BCUT2D eigenvalue weighted by Gasteiger charge is -2.45. The molecule has 5 nitrogen and oxygen atoms in total. The van der Waals surface area contributed by atoms with E-state index in [2.05, 4.69) is 31.6 Å². The molecule has 1 amide bonds. The Labute approximate surface area is 156 Å². The number of amides is 1. The quantitative estimate of drug-likeness (QED) is 0.454. The zero-order valence-electron chi connectivity index (χ0n) is 16.6. The zero-order chi connectivity index (χ0) is 19.6. The van der Waals surface area contributed by atoms with Crippen molar-refractivity contribution in [2.75, 3.05) is 13.1 Å². The van der Waals surface area contributed by atoms with Crippen molar-refractivity contribution in [1.29, 1.82) is 0 Å². The largest absolute Gasteiger partial charge is 0.464 e. The predicted octanol–water partition coefficient (Wildman–Crippen LogP) is 4.78. The number of carbonyl (C=O) groups is 1. The summed E-state index contributed by atoms with van der Waals surface area (Å²) in [6.07, 6.45) is 6.66. The Bertz CT molecular complexity index is 414. The smallest absolute Gasteiger partial charge is 0.419 e. The van der Waals surface area contributed by atoms with Crippen molar-refractivity contribution in [2.45, 2.75) is 102 Å². The highest BCUT2D eigenvalue weighted by Gasteiger charge is 2.48. The first kappa shape index (κ1) is 23.1. The predicted molar refractivity (Wildman–Crippen MR) is 101 cm³/mol. The first-order valence-corrected chi connectivity index (χ1v) is 10.2. The summed E-state index contributed by atoms with van der Waals surface area (Å²) in [5.74, 6) is -2.83. The summed E-state index contributed by atoms with van der Waals surface area (Å²) in [6.45, 7) is 6.77. The molecule has 1 aliphatic heterocycles. The Kier molecular flexibility index (Phi) is 9.79. The second-order valence-corrected chi connectivity index (χ2v) is 7.74. The minimum atomic E-state index is -2.83. The number of nitrogens with one attached hydrogen (secondary N) is 2. The van der Waals surface area contributed by atoms with Crippen molar-refractivity contribution in [3.63, 3.8) is 0 Å². The van der Waals surface area contributed by atoms with E-state index in [0.29, 0.717) is 13.0 Å². The van der Waals surface area contributed by atoms with Crippen LogP contribution in [-0.2, 0) is 0 Å². The second-order valence-electron chi connectivity index (χ2n) is 7.74. The fraction of sp³-hybridized carbons (Fsp3) is 0.947. The van der Waals surface area contributed by atoms with Crippen LogP contribution >= 0.6 is 0 Å². The molecular weight excluding hydrogens is 340 g/mol. The number of halogens is 2. The van der Waals surface area contributed by atoms with Gasteiger partial charge in [0.1, 0.15) is 0 Å². The Morgan fingerprint density at radius 1 is 1.08 bits per heavy atom. The molecule has 1 rings (SSSR count). The molecule has 1 atom stereocenters. The maximum atomic E-state index is 14.6. The Morgan fingerprint density at radius 2 is 1.65 bits per heavy atom. The van der Waals surface area contributed by atoms with Gasteiger partial charge in [-0.15, -0.1) is 0 Å². The molecule has 0 radical (unpaired) electrons. The fourth-order valence-electron chi connectivity index (χ4n) is 4.12. The van der Waals surface area contributed by atoms with E-state index in [1.165, 1.54) is 0 Å². The van der Waals surface area contributed by atoms with Crippen LogP contribution in [0.25, 0.3) is 0 Å². The minimum absolute atomic E-state index is 0.230. The van der Waals surface area contributed by atoms with Gasteiger partial charge in [-0.05, 0) is 32.2 Å². The highest BCUT2D eigenvalue weighted by Crippen LogP contribution is 2.40. The number of hydrogen-bond acceptors (Lipinski definition) is 3. The molecule has 1 saturated heterocycles. The molecule has 26 heavy (non-hydrogen) atoms.